The maximum atomic E-state index is 12.4. The monoisotopic (exact) mass is 377 g/mol. The van der Waals surface area contributed by atoms with Crippen molar-refractivity contribution in [2.75, 3.05) is 6.54 Å². The molecule has 0 saturated carbocycles. The molecule has 0 saturated heterocycles. The van der Waals surface area contributed by atoms with Crippen LogP contribution >= 0.6 is 11.6 Å². The third kappa shape index (κ3) is 3.86. The lowest BCUT2D eigenvalue weighted by molar-refractivity contribution is -0.145. The van der Waals surface area contributed by atoms with Crippen LogP contribution in [0.1, 0.15) is 30.2 Å². The van der Waals surface area contributed by atoms with E-state index in [1.54, 1.807) is 28.5 Å². The zero-order chi connectivity index (χ0) is 18.8. The molecule has 0 fully saturated rings. The van der Waals surface area contributed by atoms with E-state index in [-0.39, 0.29) is 31.6 Å². The van der Waals surface area contributed by atoms with Gasteiger partial charge in [0.05, 0.1) is 25.7 Å². The largest absolute Gasteiger partial charge is 0.480 e. The standard InChI is InChI=1S/C17H20ClN5O3/c1-10(12-3-5-13(18)6-4-12)19-16(24)9-22-8-15-21-20-11(2)23(15)7-14(22)17(25)26/h3-6,10,14H,7-9H2,1-2H3,(H,19,24)(H,25,26). The smallest absolute Gasteiger partial charge is 0.322 e. The van der Waals surface area contributed by atoms with E-state index >= 15 is 0 Å². The van der Waals surface area contributed by atoms with Gasteiger partial charge in [0.15, 0.2) is 0 Å². The minimum Gasteiger partial charge on any atom is -0.480 e. The lowest BCUT2D eigenvalue weighted by atomic mass is 10.1. The molecular weight excluding hydrogens is 358 g/mol. The summed E-state index contributed by atoms with van der Waals surface area (Å²) in [5.74, 6) is 0.121. The van der Waals surface area contributed by atoms with Crippen LogP contribution in [0.2, 0.25) is 5.02 Å². The van der Waals surface area contributed by atoms with Crippen LogP contribution in [0, 0.1) is 6.92 Å². The summed E-state index contributed by atoms with van der Waals surface area (Å²) in [4.78, 5) is 25.7. The average Bonchev–Trinajstić information content (AvgIpc) is 2.94. The molecule has 2 heterocycles. The molecule has 0 bridgehead atoms. The van der Waals surface area contributed by atoms with Gasteiger partial charge in [-0.3, -0.25) is 14.5 Å². The van der Waals surface area contributed by atoms with Crippen LogP contribution in [0.15, 0.2) is 24.3 Å². The van der Waals surface area contributed by atoms with Gasteiger partial charge in [0, 0.05) is 5.02 Å². The number of rotatable bonds is 5. The molecule has 1 aliphatic heterocycles. The molecule has 2 unspecified atom stereocenters. The first kappa shape index (κ1) is 18.3. The number of aryl methyl sites for hydroxylation is 1. The van der Waals surface area contributed by atoms with E-state index in [0.29, 0.717) is 16.7 Å². The first-order valence-electron chi connectivity index (χ1n) is 8.25. The van der Waals surface area contributed by atoms with E-state index in [9.17, 15) is 14.7 Å². The Morgan fingerprint density at radius 3 is 2.69 bits per heavy atom. The number of aromatic nitrogens is 3. The van der Waals surface area contributed by atoms with E-state index in [4.69, 9.17) is 11.6 Å². The van der Waals surface area contributed by atoms with E-state index < -0.39 is 12.0 Å². The summed E-state index contributed by atoms with van der Waals surface area (Å²) in [6.45, 7) is 4.11. The predicted molar refractivity (Wildman–Crippen MR) is 94.6 cm³/mol. The van der Waals surface area contributed by atoms with Crippen LogP contribution in [0.5, 0.6) is 0 Å². The summed E-state index contributed by atoms with van der Waals surface area (Å²) in [5, 5.41) is 21.1. The van der Waals surface area contributed by atoms with Gasteiger partial charge in [0.1, 0.15) is 17.7 Å². The Hall–Kier alpha value is -2.45. The fraction of sp³-hybridized carbons (Fsp3) is 0.412. The number of carboxylic acids is 1. The van der Waals surface area contributed by atoms with Crippen molar-refractivity contribution in [3.05, 3.63) is 46.5 Å². The maximum absolute atomic E-state index is 12.4. The summed E-state index contributed by atoms with van der Waals surface area (Å²) in [5.41, 5.74) is 0.923. The second kappa shape index (κ2) is 7.43. The Bertz CT molecular complexity index is 820. The van der Waals surface area contributed by atoms with E-state index in [0.717, 1.165) is 5.56 Å². The molecule has 2 N–H and O–H groups in total. The lowest BCUT2D eigenvalue weighted by Gasteiger charge is -2.33. The Kier molecular flexibility index (Phi) is 5.24. The minimum atomic E-state index is -0.970. The van der Waals surface area contributed by atoms with Gasteiger partial charge in [0.2, 0.25) is 5.91 Å². The molecular formula is C17H20ClN5O3. The Balaban J connectivity index is 1.67. The summed E-state index contributed by atoms with van der Waals surface area (Å²) >= 11 is 5.88. The van der Waals surface area contributed by atoms with Crippen LogP contribution in [-0.4, -0.2) is 49.2 Å². The van der Waals surface area contributed by atoms with Crippen molar-refractivity contribution < 1.29 is 14.7 Å². The molecule has 1 aromatic carbocycles. The predicted octanol–water partition coefficient (Wildman–Crippen LogP) is 1.39. The number of carboxylic acid groups (broad SMARTS) is 1. The number of benzene rings is 1. The van der Waals surface area contributed by atoms with Crippen LogP contribution < -0.4 is 5.32 Å². The zero-order valence-electron chi connectivity index (χ0n) is 14.5. The van der Waals surface area contributed by atoms with Gasteiger partial charge in [-0.05, 0) is 31.5 Å². The van der Waals surface area contributed by atoms with Crippen molar-refractivity contribution in [1.29, 1.82) is 0 Å². The molecule has 1 aliphatic rings. The number of amides is 1. The number of hydrogen-bond acceptors (Lipinski definition) is 5. The van der Waals surface area contributed by atoms with Crippen molar-refractivity contribution in [3.8, 4) is 0 Å². The van der Waals surface area contributed by atoms with Crippen LogP contribution in [0.25, 0.3) is 0 Å². The van der Waals surface area contributed by atoms with Gasteiger partial charge < -0.3 is 15.0 Å². The molecule has 0 radical (unpaired) electrons. The number of nitrogens with one attached hydrogen (secondary N) is 1. The lowest BCUT2D eigenvalue weighted by Crippen LogP contribution is -2.51. The molecule has 1 aromatic heterocycles. The molecule has 9 heteroatoms. The Labute approximate surface area is 155 Å². The number of fused-ring (bicyclic) bond motifs is 1. The Morgan fingerprint density at radius 1 is 1.35 bits per heavy atom. The third-order valence-corrected chi connectivity index (χ3v) is 4.78. The quantitative estimate of drug-likeness (QED) is 0.816. The van der Waals surface area contributed by atoms with Gasteiger partial charge in [0.25, 0.3) is 0 Å². The molecule has 1 amide bonds. The van der Waals surface area contributed by atoms with Crippen molar-refractivity contribution in [1.82, 2.24) is 25.0 Å². The summed E-state index contributed by atoms with van der Waals surface area (Å²) < 4.78 is 1.78. The number of aliphatic carboxylic acids is 1. The van der Waals surface area contributed by atoms with Crippen LogP contribution in [-0.2, 0) is 22.7 Å². The molecule has 0 aliphatic carbocycles. The molecule has 2 atom stereocenters. The highest BCUT2D eigenvalue weighted by molar-refractivity contribution is 6.30. The van der Waals surface area contributed by atoms with Gasteiger partial charge >= 0.3 is 5.97 Å². The van der Waals surface area contributed by atoms with Crippen molar-refractivity contribution >= 4 is 23.5 Å². The fourth-order valence-electron chi connectivity index (χ4n) is 3.07. The molecule has 26 heavy (non-hydrogen) atoms. The van der Waals surface area contributed by atoms with Gasteiger partial charge in [-0.1, -0.05) is 23.7 Å². The third-order valence-electron chi connectivity index (χ3n) is 4.53. The molecule has 8 nitrogen and oxygen atoms in total. The highest BCUT2D eigenvalue weighted by Gasteiger charge is 2.34. The molecule has 0 spiro atoms. The topological polar surface area (TPSA) is 100 Å². The van der Waals surface area contributed by atoms with Gasteiger partial charge in [-0.2, -0.15) is 0 Å². The second-order valence-electron chi connectivity index (χ2n) is 6.37. The van der Waals surface area contributed by atoms with Crippen LogP contribution in [0.3, 0.4) is 0 Å². The number of hydrogen-bond donors (Lipinski definition) is 2. The SMILES string of the molecule is Cc1nnc2n1CC(C(=O)O)N(CC(=O)NC(C)c1ccc(Cl)cc1)C2. The first-order chi connectivity index (χ1) is 12.3. The molecule has 2 aromatic rings. The summed E-state index contributed by atoms with van der Waals surface area (Å²) in [7, 11) is 0. The highest BCUT2D eigenvalue weighted by atomic mass is 35.5. The number of halogens is 1. The van der Waals surface area contributed by atoms with Crippen molar-refractivity contribution in [2.45, 2.75) is 39.0 Å². The Morgan fingerprint density at radius 2 is 2.04 bits per heavy atom. The normalized spacial score (nSPS) is 18.2. The zero-order valence-corrected chi connectivity index (χ0v) is 15.3. The maximum Gasteiger partial charge on any atom is 0.322 e. The molecule has 138 valence electrons. The minimum absolute atomic E-state index is 0.0270. The van der Waals surface area contributed by atoms with E-state index in [1.807, 2.05) is 19.1 Å². The highest BCUT2D eigenvalue weighted by Crippen LogP contribution is 2.19. The fourth-order valence-corrected chi connectivity index (χ4v) is 3.19. The summed E-state index contributed by atoms with van der Waals surface area (Å²) in [6, 6.07) is 6.21. The van der Waals surface area contributed by atoms with Crippen molar-refractivity contribution in [3.63, 3.8) is 0 Å². The number of carbonyl (C=O) groups is 2. The first-order valence-corrected chi connectivity index (χ1v) is 8.63. The second-order valence-corrected chi connectivity index (χ2v) is 6.81. The van der Waals surface area contributed by atoms with E-state index in [2.05, 4.69) is 15.5 Å². The van der Waals surface area contributed by atoms with Crippen LogP contribution in [0.4, 0.5) is 0 Å². The summed E-state index contributed by atoms with van der Waals surface area (Å²) in [6.07, 6.45) is 0. The number of nitrogens with zero attached hydrogens (tertiary/aromatic N) is 4. The van der Waals surface area contributed by atoms with Gasteiger partial charge in [-0.15, -0.1) is 10.2 Å². The number of carbonyl (C=O) groups excluding carboxylic acids is 1. The molecule has 3 rings (SSSR count). The van der Waals surface area contributed by atoms with E-state index in [1.165, 1.54) is 0 Å². The average molecular weight is 378 g/mol. The van der Waals surface area contributed by atoms with Crippen molar-refractivity contribution in [2.24, 2.45) is 0 Å². The van der Waals surface area contributed by atoms with Gasteiger partial charge in [-0.25, -0.2) is 0 Å².